The van der Waals surface area contributed by atoms with E-state index in [0.29, 0.717) is 12.2 Å². The normalized spacial score (nSPS) is 13.2. The highest BCUT2D eigenvalue weighted by atomic mass is 35.5. The molecule has 0 radical (unpaired) electrons. The number of aryl methyl sites for hydroxylation is 1. The number of amides is 1. The van der Waals surface area contributed by atoms with E-state index in [1.165, 1.54) is 0 Å². The second kappa shape index (κ2) is 6.23. The number of pyridine rings is 1. The Bertz CT molecular complexity index is 770. The maximum Gasteiger partial charge on any atom is 0.263 e. The molecule has 0 spiro atoms. The van der Waals surface area contributed by atoms with Crippen LogP contribution in [0.4, 0.5) is 11.4 Å². The zero-order valence-electron chi connectivity index (χ0n) is 12.3. The Morgan fingerprint density at radius 2 is 2.05 bits per heavy atom. The standard InChI is InChI=1S/C16H17N3O2.ClH/c1-10-7-8-12(15(20)18-10)16(21)19-9-3-4-11-13(17)5-2-6-14(11)19;/h2,5-8H,3-4,9,17H2,1H3,(H,18,20);1H. The molecule has 1 aliphatic rings. The number of nitrogens with one attached hydrogen (secondary N) is 1. The van der Waals surface area contributed by atoms with Crippen molar-refractivity contribution in [1.29, 1.82) is 0 Å². The summed E-state index contributed by atoms with van der Waals surface area (Å²) in [4.78, 5) is 29.0. The molecule has 3 rings (SSSR count). The van der Waals surface area contributed by atoms with Gasteiger partial charge in [-0.3, -0.25) is 9.59 Å². The van der Waals surface area contributed by atoms with Gasteiger partial charge in [0.25, 0.3) is 11.5 Å². The predicted octanol–water partition coefficient (Wildman–Crippen LogP) is 2.28. The largest absolute Gasteiger partial charge is 0.398 e. The molecular weight excluding hydrogens is 302 g/mol. The Kier molecular flexibility index (Phi) is 4.56. The van der Waals surface area contributed by atoms with Crippen LogP contribution in [0, 0.1) is 6.92 Å². The number of aromatic amines is 1. The SMILES string of the molecule is Cc1ccc(C(=O)N2CCCc3c(N)cccc32)c(=O)[nH]1.Cl. The Morgan fingerprint density at radius 3 is 2.77 bits per heavy atom. The van der Waals surface area contributed by atoms with E-state index < -0.39 is 0 Å². The molecule has 116 valence electrons. The predicted molar refractivity (Wildman–Crippen MR) is 89.9 cm³/mol. The maximum absolute atomic E-state index is 12.7. The Balaban J connectivity index is 0.00000176. The Labute approximate surface area is 134 Å². The fourth-order valence-electron chi connectivity index (χ4n) is 2.75. The highest BCUT2D eigenvalue weighted by Gasteiger charge is 2.26. The molecule has 3 N–H and O–H groups in total. The fraction of sp³-hybridized carbons (Fsp3) is 0.250. The van der Waals surface area contributed by atoms with Gasteiger partial charge in [0, 0.05) is 23.6 Å². The van der Waals surface area contributed by atoms with E-state index in [1.807, 2.05) is 18.2 Å². The third kappa shape index (κ3) is 2.72. The van der Waals surface area contributed by atoms with Gasteiger partial charge in [-0.1, -0.05) is 6.07 Å². The number of hydrogen-bond donors (Lipinski definition) is 2. The molecule has 0 fully saturated rings. The minimum atomic E-state index is -0.351. The molecule has 0 saturated heterocycles. The number of anilines is 2. The summed E-state index contributed by atoms with van der Waals surface area (Å²) in [7, 11) is 0. The van der Waals surface area contributed by atoms with Gasteiger partial charge >= 0.3 is 0 Å². The second-order valence-corrected chi connectivity index (χ2v) is 5.29. The van der Waals surface area contributed by atoms with E-state index in [1.54, 1.807) is 24.0 Å². The Morgan fingerprint density at radius 1 is 1.27 bits per heavy atom. The lowest BCUT2D eigenvalue weighted by Gasteiger charge is -2.30. The first-order chi connectivity index (χ1) is 10.1. The monoisotopic (exact) mass is 319 g/mol. The van der Waals surface area contributed by atoms with Crippen LogP contribution < -0.4 is 16.2 Å². The number of halogens is 1. The lowest BCUT2D eigenvalue weighted by atomic mass is 9.99. The van der Waals surface area contributed by atoms with Gasteiger partial charge in [0.2, 0.25) is 0 Å². The minimum absolute atomic E-state index is 0. The first-order valence-electron chi connectivity index (χ1n) is 6.97. The maximum atomic E-state index is 12.7. The number of carbonyl (C=O) groups is 1. The lowest BCUT2D eigenvalue weighted by Crippen LogP contribution is -2.38. The number of H-pyrrole nitrogens is 1. The number of nitrogens with two attached hydrogens (primary N) is 1. The van der Waals surface area contributed by atoms with Crippen molar-refractivity contribution in [3.8, 4) is 0 Å². The number of nitrogens with zero attached hydrogens (tertiary/aromatic N) is 1. The molecule has 0 bridgehead atoms. The van der Waals surface area contributed by atoms with Gasteiger partial charge in [-0.15, -0.1) is 12.4 Å². The van der Waals surface area contributed by atoms with Crippen LogP contribution in [0.25, 0.3) is 0 Å². The van der Waals surface area contributed by atoms with Crippen molar-refractivity contribution in [3.05, 3.63) is 57.5 Å². The molecule has 1 aliphatic heterocycles. The van der Waals surface area contributed by atoms with Gasteiger partial charge in [0.05, 0.1) is 0 Å². The van der Waals surface area contributed by atoms with Gasteiger partial charge in [0.1, 0.15) is 5.56 Å². The molecule has 22 heavy (non-hydrogen) atoms. The molecule has 1 amide bonds. The molecule has 0 atom stereocenters. The molecule has 5 nitrogen and oxygen atoms in total. The van der Waals surface area contributed by atoms with Crippen LogP contribution in [-0.2, 0) is 6.42 Å². The second-order valence-electron chi connectivity index (χ2n) is 5.29. The minimum Gasteiger partial charge on any atom is -0.398 e. The van der Waals surface area contributed by atoms with Crippen molar-refractivity contribution in [2.45, 2.75) is 19.8 Å². The molecular formula is C16H18ClN3O2. The topological polar surface area (TPSA) is 79.2 Å². The summed E-state index contributed by atoms with van der Waals surface area (Å²) in [6.07, 6.45) is 1.70. The average molecular weight is 320 g/mol. The smallest absolute Gasteiger partial charge is 0.263 e. The van der Waals surface area contributed by atoms with Crippen LogP contribution in [0.15, 0.2) is 35.1 Å². The molecule has 2 heterocycles. The zero-order valence-corrected chi connectivity index (χ0v) is 13.1. The molecule has 1 aromatic heterocycles. The average Bonchev–Trinajstić information content (AvgIpc) is 2.46. The first-order valence-corrected chi connectivity index (χ1v) is 6.97. The van der Waals surface area contributed by atoms with E-state index in [4.69, 9.17) is 5.73 Å². The number of hydrogen-bond acceptors (Lipinski definition) is 3. The third-order valence-electron chi connectivity index (χ3n) is 3.82. The number of rotatable bonds is 1. The lowest BCUT2D eigenvalue weighted by molar-refractivity contribution is 0.0983. The first kappa shape index (κ1) is 16.1. The highest BCUT2D eigenvalue weighted by molar-refractivity contribution is 6.06. The van der Waals surface area contributed by atoms with Gasteiger partial charge in [0.15, 0.2) is 0 Å². The van der Waals surface area contributed by atoms with E-state index in [0.717, 1.165) is 29.8 Å². The van der Waals surface area contributed by atoms with Gasteiger partial charge in [-0.25, -0.2) is 0 Å². The summed E-state index contributed by atoms with van der Waals surface area (Å²) in [6, 6.07) is 8.87. The van der Waals surface area contributed by atoms with Crippen molar-refractivity contribution in [2.75, 3.05) is 17.2 Å². The van der Waals surface area contributed by atoms with Crippen molar-refractivity contribution >= 4 is 29.7 Å². The number of aromatic nitrogens is 1. The van der Waals surface area contributed by atoms with Crippen LogP contribution in [0.2, 0.25) is 0 Å². The molecule has 0 saturated carbocycles. The third-order valence-corrected chi connectivity index (χ3v) is 3.82. The van der Waals surface area contributed by atoms with Crippen LogP contribution in [0.1, 0.15) is 28.0 Å². The molecule has 0 aliphatic carbocycles. The van der Waals surface area contributed by atoms with Crippen LogP contribution in [0.5, 0.6) is 0 Å². The fourth-order valence-corrected chi connectivity index (χ4v) is 2.75. The summed E-state index contributed by atoms with van der Waals surface area (Å²) < 4.78 is 0. The van der Waals surface area contributed by atoms with E-state index in [-0.39, 0.29) is 29.4 Å². The number of benzene rings is 1. The number of carbonyl (C=O) groups excluding carboxylic acids is 1. The van der Waals surface area contributed by atoms with Crippen LogP contribution in [0.3, 0.4) is 0 Å². The zero-order chi connectivity index (χ0) is 15.0. The van der Waals surface area contributed by atoms with Crippen molar-refractivity contribution in [3.63, 3.8) is 0 Å². The van der Waals surface area contributed by atoms with Gasteiger partial charge in [-0.05, 0) is 49.6 Å². The van der Waals surface area contributed by atoms with Gasteiger partial charge < -0.3 is 15.6 Å². The molecule has 1 aromatic carbocycles. The molecule has 0 unspecified atom stereocenters. The Hall–Kier alpha value is -2.27. The van der Waals surface area contributed by atoms with Crippen LogP contribution >= 0.6 is 12.4 Å². The quantitative estimate of drug-likeness (QED) is 0.791. The molecule has 6 heteroatoms. The van der Waals surface area contributed by atoms with Crippen LogP contribution in [-0.4, -0.2) is 17.4 Å². The van der Waals surface area contributed by atoms with Crippen molar-refractivity contribution in [2.24, 2.45) is 0 Å². The van der Waals surface area contributed by atoms with E-state index >= 15 is 0 Å². The summed E-state index contributed by atoms with van der Waals surface area (Å²) in [5.41, 5.74) is 9.03. The van der Waals surface area contributed by atoms with Crippen molar-refractivity contribution < 1.29 is 4.79 Å². The summed E-state index contributed by atoms with van der Waals surface area (Å²) >= 11 is 0. The highest BCUT2D eigenvalue weighted by Crippen LogP contribution is 2.31. The summed E-state index contributed by atoms with van der Waals surface area (Å²) in [5, 5.41) is 0. The summed E-state index contributed by atoms with van der Waals surface area (Å²) in [5.74, 6) is -0.275. The van der Waals surface area contributed by atoms with E-state index in [9.17, 15) is 9.59 Å². The van der Waals surface area contributed by atoms with E-state index in [2.05, 4.69) is 4.98 Å². The van der Waals surface area contributed by atoms with Crippen molar-refractivity contribution in [1.82, 2.24) is 4.98 Å². The number of fused-ring (bicyclic) bond motifs is 1. The molecule has 2 aromatic rings. The van der Waals surface area contributed by atoms with Gasteiger partial charge in [-0.2, -0.15) is 0 Å². The number of nitrogen functional groups attached to an aromatic ring is 1. The summed E-state index contributed by atoms with van der Waals surface area (Å²) in [6.45, 7) is 2.38.